The fourth-order valence-corrected chi connectivity index (χ4v) is 1.05. The summed E-state index contributed by atoms with van der Waals surface area (Å²) in [5.41, 5.74) is 0.181. The fourth-order valence-electron chi connectivity index (χ4n) is 1.05. The van der Waals surface area contributed by atoms with Gasteiger partial charge in [-0.2, -0.15) is 5.26 Å². The Bertz CT molecular complexity index is 364. The average molecular weight is 181 g/mol. The van der Waals surface area contributed by atoms with Gasteiger partial charge in [-0.15, -0.1) is 0 Å². The number of hydrogen-bond acceptors (Lipinski definition) is 4. The summed E-state index contributed by atoms with van der Waals surface area (Å²) in [4.78, 5) is 9.83. The molecule has 1 aromatic rings. The summed E-state index contributed by atoms with van der Waals surface area (Å²) >= 11 is 0. The molecule has 0 aliphatic rings. The van der Waals surface area contributed by atoms with Crippen molar-refractivity contribution >= 4 is 5.82 Å². The summed E-state index contributed by atoms with van der Waals surface area (Å²) < 4.78 is 1.17. The zero-order chi connectivity index (χ0) is 9.84. The van der Waals surface area contributed by atoms with E-state index in [-0.39, 0.29) is 24.7 Å². The molecule has 0 saturated carbocycles. The van der Waals surface area contributed by atoms with Crippen molar-refractivity contribution in [2.24, 2.45) is 0 Å². The maximum Gasteiger partial charge on any atom is 0.324 e. The minimum absolute atomic E-state index is 0.0617. The van der Waals surface area contributed by atoms with E-state index in [9.17, 15) is 10.1 Å². The van der Waals surface area contributed by atoms with Gasteiger partial charge in [0, 0.05) is 12.1 Å². The molecular formula is C7H7N3O3. The Morgan fingerprint density at radius 1 is 1.69 bits per heavy atom. The van der Waals surface area contributed by atoms with E-state index in [1.54, 1.807) is 6.07 Å². The van der Waals surface area contributed by atoms with E-state index in [4.69, 9.17) is 10.4 Å². The number of nitriles is 1. The Hall–Kier alpha value is -1.87. The third kappa shape index (κ3) is 1.65. The van der Waals surface area contributed by atoms with E-state index in [0.717, 1.165) is 0 Å². The first-order chi connectivity index (χ1) is 6.20. The molecule has 0 saturated heterocycles. The van der Waals surface area contributed by atoms with Crippen molar-refractivity contribution in [3.8, 4) is 6.07 Å². The molecule has 0 aromatic carbocycles. The number of aliphatic hydroxyl groups is 1. The van der Waals surface area contributed by atoms with Gasteiger partial charge < -0.3 is 15.2 Å². The lowest BCUT2D eigenvalue weighted by molar-refractivity contribution is -0.392. The Morgan fingerprint density at radius 3 is 2.85 bits per heavy atom. The standard InChI is InChI=1S/C7H7N3O3/c8-5-6-1-2-7(10(12)13)9(6)3-4-11/h1-2,11H,3-4H2. The topological polar surface area (TPSA) is 92.1 Å². The maximum absolute atomic E-state index is 10.4. The average Bonchev–Trinajstić information content (AvgIpc) is 2.48. The third-order valence-electron chi connectivity index (χ3n) is 1.58. The summed E-state index contributed by atoms with van der Waals surface area (Å²) in [5.74, 6) is -0.175. The summed E-state index contributed by atoms with van der Waals surface area (Å²) in [6, 6.07) is 4.40. The lowest BCUT2D eigenvalue weighted by atomic mass is 10.5. The van der Waals surface area contributed by atoms with Gasteiger partial charge in [0.2, 0.25) is 5.69 Å². The third-order valence-corrected chi connectivity index (χ3v) is 1.58. The first kappa shape index (κ1) is 9.22. The molecule has 0 fully saturated rings. The molecular weight excluding hydrogens is 174 g/mol. The Kier molecular flexibility index (Phi) is 2.62. The molecule has 1 rings (SSSR count). The molecule has 0 amide bonds. The second-order valence-corrected chi connectivity index (χ2v) is 2.32. The summed E-state index contributed by atoms with van der Waals surface area (Å²) in [5, 5.41) is 27.6. The monoisotopic (exact) mass is 181 g/mol. The largest absolute Gasteiger partial charge is 0.392 e. The van der Waals surface area contributed by atoms with Gasteiger partial charge in [-0.25, -0.2) is 4.57 Å². The second-order valence-electron chi connectivity index (χ2n) is 2.32. The van der Waals surface area contributed by atoms with Crippen molar-refractivity contribution in [1.29, 1.82) is 5.26 Å². The molecule has 6 heteroatoms. The van der Waals surface area contributed by atoms with Gasteiger partial charge in [0.1, 0.15) is 12.6 Å². The van der Waals surface area contributed by atoms with Crippen molar-refractivity contribution in [1.82, 2.24) is 4.57 Å². The molecule has 0 atom stereocenters. The molecule has 0 radical (unpaired) electrons. The summed E-state index contributed by atoms with van der Waals surface area (Å²) in [6.45, 7) is -0.170. The maximum atomic E-state index is 10.4. The highest BCUT2D eigenvalue weighted by atomic mass is 16.6. The SMILES string of the molecule is N#Cc1ccc([N+](=O)[O-])n1CCO. The first-order valence-corrected chi connectivity index (χ1v) is 3.55. The highest BCUT2D eigenvalue weighted by Gasteiger charge is 2.16. The normalized spacial score (nSPS) is 9.54. The van der Waals surface area contributed by atoms with Gasteiger partial charge in [-0.05, 0) is 4.92 Å². The molecule has 1 heterocycles. The quantitative estimate of drug-likeness (QED) is 0.534. The van der Waals surface area contributed by atoms with Crippen LogP contribution in [0.2, 0.25) is 0 Å². The highest BCUT2D eigenvalue weighted by molar-refractivity contribution is 5.34. The lowest BCUT2D eigenvalue weighted by Gasteiger charge is -1.99. The van der Waals surface area contributed by atoms with Gasteiger partial charge in [0.05, 0.1) is 6.61 Å². The summed E-state index contributed by atoms with van der Waals surface area (Å²) in [6.07, 6.45) is 0. The molecule has 13 heavy (non-hydrogen) atoms. The van der Waals surface area contributed by atoms with E-state index in [1.807, 2.05) is 0 Å². The zero-order valence-corrected chi connectivity index (χ0v) is 6.67. The van der Waals surface area contributed by atoms with Gasteiger partial charge >= 0.3 is 5.82 Å². The highest BCUT2D eigenvalue weighted by Crippen LogP contribution is 2.15. The minimum Gasteiger partial charge on any atom is -0.392 e. The zero-order valence-electron chi connectivity index (χ0n) is 6.67. The van der Waals surface area contributed by atoms with Crippen LogP contribution in [0.3, 0.4) is 0 Å². The van der Waals surface area contributed by atoms with Gasteiger partial charge in [-0.1, -0.05) is 0 Å². The second kappa shape index (κ2) is 3.69. The Morgan fingerprint density at radius 2 is 2.38 bits per heavy atom. The Balaban J connectivity index is 3.15. The minimum atomic E-state index is -0.587. The molecule has 0 aliphatic carbocycles. The molecule has 0 unspecified atom stereocenters. The van der Waals surface area contributed by atoms with Crippen molar-refractivity contribution in [2.45, 2.75) is 6.54 Å². The molecule has 1 aromatic heterocycles. The van der Waals surface area contributed by atoms with Crippen LogP contribution in [-0.4, -0.2) is 21.2 Å². The van der Waals surface area contributed by atoms with Crippen LogP contribution in [0, 0.1) is 21.4 Å². The van der Waals surface area contributed by atoms with Crippen LogP contribution in [0.25, 0.3) is 0 Å². The number of hydrogen-bond donors (Lipinski definition) is 1. The number of nitrogens with zero attached hydrogens (tertiary/aromatic N) is 3. The molecule has 1 N–H and O–H groups in total. The van der Waals surface area contributed by atoms with Gasteiger partial charge in [0.15, 0.2) is 0 Å². The summed E-state index contributed by atoms with van der Waals surface area (Å²) in [7, 11) is 0. The van der Waals surface area contributed by atoms with E-state index < -0.39 is 4.92 Å². The van der Waals surface area contributed by atoms with Crippen LogP contribution >= 0.6 is 0 Å². The first-order valence-electron chi connectivity index (χ1n) is 3.55. The van der Waals surface area contributed by atoms with Crippen molar-refractivity contribution in [3.63, 3.8) is 0 Å². The fraction of sp³-hybridized carbons (Fsp3) is 0.286. The lowest BCUT2D eigenvalue weighted by Crippen LogP contribution is -2.07. The van der Waals surface area contributed by atoms with Gasteiger partial charge in [0.25, 0.3) is 0 Å². The van der Waals surface area contributed by atoms with Crippen LogP contribution in [0.5, 0.6) is 0 Å². The van der Waals surface area contributed by atoms with Crippen molar-refractivity contribution in [3.05, 3.63) is 27.9 Å². The van der Waals surface area contributed by atoms with E-state index >= 15 is 0 Å². The van der Waals surface area contributed by atoms with E-state index in [0.29, 0.717) is 0 Å². The van der Waals surface area contributed by atoms with Crippen LogP contribution in [0.15, 0.2) is 12.1 Å². The molecule has 0 aliphatic heterocycles. The smallest absolute Gasteiger partial charge is 0.324 e. The number of nitro groups is 1. The van der Waals surface area contributed by atoms with Crippen LogP contribution in [0.1, 0.15) is 5.69 Å². The predicted molar refractivity (Wildman–Crippen MR) is 42.9 cm³/mol. The Labute approximate surface area is 73.8 Å². The molecule has 0 bridgehead atoms. The molecule has 6 nitrogen and oxygen atoms in total. The van der Waals surface area contributed by atoms with Crippen LogP contribution in [0.4, 0.5) is 5.82 Å². The van der Waals surface area contributed by atoms with E-state index in [1.165, 1.54) is 16.7 Å². The predicted octanol–water partition coefficient (Wildman–Crippen LogP) is 0.260. The molecule has 68 valence electrons. The van der Waals surface area contributed by atoms with Gasteiger partial charge in [-0.3, -0.25) is 0 Å². The van der Waals surface area contributed by atoms with Crippen molar-refractivity contribution in [2.75, 3.05) is 6.61 Å². The number of aliphatic hydroxyl groups excluding tert-OH is 1. The number of rotatable bonds is 3. The molecule has 0 spiro atoms. The van der Waals surface area contributed by atoms with Crippen molar-refractivity contribution < 1.29 is 10.0 Å². The number of aromatic nitrogens is 1. The van der Waals surface area contributed by atoms with Crippen LogP contribution in [-0.2, 0) is 6.54 Å². The van der Waals surface area contributed by atoms with Crippen LogP contribution < -0.4 is 0 Å². The van der Waals surface area contributed by atoms with E-state index in [2.05, 4.69) is 0 Å².